The van der Waals surface area contributed by atoms with Gasteiger partial charge in [0.15, 0.2) is 0 Å². The summed E-state index contributed by atoms with van der Waals surface area (Å²) in [5.74, 6) is -1.31. The van der Waals surface area contributed by atoms with Gasteiger partial charge < -0.3 is 25.2 Å². The predicted octanol–water partition coefficient (Wildman–Crippen LogP) is 2.44. The highest BCUT2D eigenvalue weighted by atomic mass is 16.5. The van der Waals surface area contributed by atoms with E-state index in [1.165, 1.54) is 0 Å². The number of carboxylic acid groups (broad SMARTS) is 1. The van der Waals surface area contributed by atoms with Crippen LogP contribution in [0.5, 0.6) is 0 Å². The van der Waals surface area contributed by atoms with Crippen LogP contribution in [-0.4, -0.2) is 56.8 Å². The van der Waals surface area contributed by atoms with E-state index in [9.17, 15) is 24.9 Å². The van der Waals surface area contributed by atoms with Crippen molar-refractivity contribution in [3.63, 3.8) is 0 Å². The van der Waals surface area contributed by atoms with Gasteiger partial charge in [0.1, 0.15) is 6.10 Å². The van der Waals surface area contributed by atoms with E-state index in [2.05, 4.69) is 13.0 Å². The minimum absolute atomic E-state index is 0.0156. The molecular formula is C23H36O7. The van der Waals surface area contributed by atoms with Crippen molar-refractivity contribution in [3.8, 4) is 0 Å². The molecule has 8 atom stereocenters. The number of aliphatic hydroxyl groups excluding tert-OH is 3. The summed E-state index contributed by atoms with van der Waals surface area (Å²) in [6, 6.07) is 0. The molecular weight excluding hydrogens is 388 g/mol. The summed E-state index contributed by atoms with van der Waals surface area (Å²) < 4.78 is 5.84. The second-order valence-corrected chi connectivity index (χ2v) is 8.88. The minimum atomic E-state index is -1.10. The maximum absolute atomic E-state index is 12.4. The molecule has 0 aromatic carbocycles. The number of aliphatic carboxylic acids is 1. The molecule has 0 radical (unpaired) electrons. The fourth-order valence-electron chi connectivity index (χ4n) is 4.52. The summed E-state index contributed by atoms with van der Waals surface area (Å²) in [6.07, 6.45) is 4.64. The highest BCUT2D eigenvalue weighted by Gasteiger charge is 2.42. The van der Waals surface area contributed by atoms with E-state index in [1.807, 2.05) is 26.0 Å². The number of fused-ring (bicyclic) bond motifs is 1. The Hall–Kier alpha value is -1.70. The molecule has 0 fully saturated rings. The number of hydrogen-bond acceptors (Lipinski definition) is 6. The lowest BCUT2D eigenvalue weighted by Crippen LogP contribution is -2.43. The topological polar surface area (TPSA) is 124 Å². The Kier molecular flexibility index (Phi) is 9.07. The number of carboxylic acids is 1. The third-order valence-corrected chi connectivity index (χ3v) is 6.44. The molecule has 0 unspecified atom stereocenters. The van der Waals surface area contributed by atoms with E-state index >= 15 is 0 Å². The Bertz CT molecular complexity index is 656. The summed E-state index contributed by atoms with van der Waals surface area (Å²) >= 11 is 0. The van der Waals surface area contributed by atoms with E-state index in [1.54, 1.807) is 0 Å². The zero-order chi connectivity index (χ0) is 22.4. The molecule has 2 aliphatic rings. The van der Waals surface area contributed by atoms with Crippen molar-refractivity contribution in [2.24, 2.45) is 23.7 Å². The van der Waals surface area contributed by atoms with E-state index in [-0.39, 0.29) is 42.5 Å². The predicted molar refractivity (Wildman–Crippen MR) is 111 cm³/mol. The highest BCUT2D eigenvalue weighted by molar-refractivity contribution is 5.72. The Morgan fingerprint density at radius 1 is 1.27 bits per heavy atom. The van der Waals surface area contributed by atoms with Gasteiger partial charge in [-0.2, -0.15) is 0 Å². The molecule has 0 aromatic heterocycles. The first-order chi connectivity index (χ1) is 14.1. The molecule has 0 saturated carbocycles. The maximum Gasteiger partial charge on any atom is 0.308 e. The summed E-state index contributed by atoms with van der Waals surface area (Å²) in [7, 11) is 0. The van der Waals surface area contributed by atoms with E-state index in [0.29, 0.717) is 25.7 Å². The summed E-state index contributed by atoms with van der Waals surface area (Å²) in [4.78, 5) is 23.1. The van der Waals surface area contributed by atoms with Crippen LogP contribution in [0.15, 0.2) is 23.8 Å². The summed E-state index contributed by atoms with van der Waals surface area (Å²) in [5, 5.41) is 39.1. The van der Waals surface area contributed by atoms with Gasteiger partial charge in [-0.15, -0.1) is 0 Å². The molecule has 0 aromatic rings. The average molecular weight is 425 g/mol. The number of esters is 1. The average Bonchev–Trinajstić information content (AvgIpc) is 2.65. The molecule has 2 rings (SSSR count). The molecule has 0 saturated heterocycles. The van der Waals surface area contributed by atoms with Crippen LogP contribution in [0.1, 0.15) is 59.3 Å². The van der Waals surface area contributed by atoms with E-state index in [4.69, 9.17) is 9.84 Å². The fourth-order valence-corrected chi connectivity index (χ4v) is 4.52. The molecule has 7 heteroatoms. The van der Waals surface area contributed by atoms with Gasteiger partial charge in [-0.3, -0.25) is 9.59 Å². The zero-order valence-electron chi connectivity index (χ0n) is 18.1. The molecule has 30 heavy (non-hydrogen) atoms. The van der Waals surface area contributed by atoms with E-state index < -0.39 is 30.4 Å². The Labute approximate surface area is 178 Å². The van der Waals surface area contributed by atoms with Crippen LogP contribution in [-0.2, 0) is 14.3 Å². The standard InChI is InChI=1S/C23H36O7/c1-4-13(2)23(29)30-20-11-17(25)9-15-6-5-14(3)19(22(15)20)8-7-16(24)10-18(26)12-21(27)28/h5-6,9,13-14,16-20,22,24-26H,4,7-8,10-12H2,1-3H3,(H,27,28)/t13-,14-,16+,17-,18+,19-,20-,22-/m0/s1. The molecule has 0 amide bonds. The Balaban J connectivity index is 2.09. The highest BCUT2D eigenvalue weighted by Crippen LogP contribution is 2.44. The third-order valence-electron chi connectivity index (χ3n) is 6.44. The van der Waals surface area contributed by atoms with Gasteiger partial charge in [0.05, 0.1) is 30.7 Å². The third kappa shape index (κ3) is 6.65. The van der Waals surface area contributed by atoms with Gasteiger partial charge in [-0.05, 0) is 43.1 Å². The molecule has 7 nitrogen and oxygen atoms in total. The fraction of sp³-hybridized carbons (Fsp3) is 0.739. The van der Waals surface area contributed by atoms with Crippen LogP contribution in [0.4, 0.5) is 0 Å². The molecule has 2 aliphatic carbocycles. The number of carbonyl (C=O) groups excluding carboxylic acids is 1. The van der Waals surface area contributed by atoms with Crippen molar-refractivity contribution >= 4 is 11.9 Å². The number of carbonyl (C=O) groups is 2. The van der Waals surface area contributed by atoms with Crippen molar-refractivity contribution in [2.45, 2.75) is 83.7 Å². The van der Waals surface area contributed by atoms with Gasteiger partial charge in [-0.25, -0.2) is 0 Å². The van der Waals surface area contributed by atoms with Crippen LogP contribution in [0.3, 0.4) is 0 Å². The molecule has 0 heterocycles. The lowest BCUT2D eigenvalue weighted by Gasteiger charge is -2.43. The lowest BCUT2D eigenvalue weighted by atomic mass is 9.66. The van der Waals surface area contributed by atoms with E-state index in [0.717, 1.165) is 5.57 Å². The molecule has 0 spiro atoms. The van der Waals surface area contributed by atoms with Crippen molar-refractivity contribution in [1.29, 1.82) is 0 Å². The van der Waals surface area contributed by atoms with Crippen LogP contribution in [0.2, 0.25) is 0 Å². The molecule has 4 N–H and O–H groups in total. The number of rotatable bonds is 10. The zero-order valence-corrected chi connectivity index (χ0v) is 18.1. The van der Waals surface area contributed by atoms with Gasteiger partial charge in [-0.1, -0.05) is 39.0 Å². The molecule has 170 valence electrons. The number of allylic oxidation sites excluding steroid dienone is 2. The number of aliphatic hydroxyl groups is 3. The van der Waals surface area contributed by atoms with Gasteiger partial charge in [0.25, 0.3) is 0 Å². The normalized spacial score (nSPS) is 31.3. The lowest BCUT2D eigenvalue weighted by molar-refractivity contribution is -0.159. The molecule has 0 aliphatic heterocycles. The SMILES string of the molecule is CC[C@H](C)C(=O)O[C@H]1C[C@@H](O)C=C2C=C[C@H](C)[C@H](CC[C@@H](O)C[C@@H](O)CC(=O)O)[C@H]21. The van der Waals surface area contributed by atoms with Crippen molar-refractivity contribution < 1.29 is 34.8 Å². The number of hydrogen-bond donors (Lipinski definition) is 4. The monoisotopic (exact) mass is 424 g/mol. The smallest absolute Gasteiger partial charge is 0.308 e. The quantitative estimate of drug-likeness (QED) is 0.397. The van der Waals surface area contributed by atoms with Crippen LogP contribution >= 0.6 is 0 Å². The van der Waals surface area contributed by atoms with Gasteiger partial charge in [0, 0.05) is 12.3 Å². The molecule has 0 bridgehead atoms. The number of ether oxygens (including phenoxy) is 1. The minimum Gasteiger partial charge on any atom is -0.481 e. The second-order valence-electron chi connectivity index (χ2n) is 8.88. The maximum atomic E-state index is 12.4. The summed E-state index contributed by atoms with van der Waals surface area (Å²) in [6.45, 7) is 5.85. The summed E-state index contributed by atoms with van der Waals surface area (Å²) in [5.41, 5.74) is 0.958. The van der Waals surface area contributed by atoms with Gasteiger partial charge in [0.2, 0.25) is 0 Å². The van der Waals surface area contributed by atoms with Crippen LogP contribution in [0.25, 0.3) is 0 Å². The van der Waals surface area contributed by atoms with Crippen molar-refractivity contribution in [1.82, 2.24) is 0 Å². The van der Waals surface area contributed by atoms with Crippen molar-refractivity contribution in [3.05, 3.63) is 23.8 Å². The van der Waals surface area contributed by atoms with Crippen LogP contribution in [0, 0.1) is 23.7 Å². The Morgan fingerprint density at radius 2 is 1.97 bits per heavy atom. The van der Waals surface area contributed by atoms with Gasteiger partial charge >= 0.3 is 11.9 Å². The largest absolute Gasteiger partial charge is 0.481 e. The first-order valence-corrected chi connectivity index (χ1v) is 11.0. The van der Waals surface area contributed by atoms with Crippen LogP contribution < -0.4 is 0 Å². The first-order valence-electron chi connectivity index (χ1n) is 11.0. The second kappa shape index (κ2) is 11.1. The van der Waals surface area contributed by atoms with Crippen molar-refractivity contribution in [2.75, 3.05) is 0 Å². The first kappa shape index (κ1) is 24.6. The Morgan fingerprint density at radius 3 is 2.60 bits per heavy atom.